The number of carbonyl (C=O) groups is 1. The topological polar surface area (TPSA) is 82.6 Å². The number of aromatic nitrogens is 1. The molecule has 0 saturated heterocycles. The van der Waals surface area contributed by atoms with Gasteiger partial charge in [-0.15, -0.1) is 0 Å². The molecule has 0 radical (unpaired) electrons. The summed E-state index contributed by atoms with van der Waals surface area (Å²) in [6, 6.07) is 1.52. The van der Waals surface area contributed by atoms with Crippen LogP contribution in [0.25, 0.3) is 0 Å². The summed E-state index contributed by atoms with van der Waals surface area (Å²) in [5, 5.41) is 9.02. The monoisotopic (exact) mass is 292 g/mol. The highest BCUT2D eigenvalue weighted by Crippen LogP contribution is 2.13. The van der Waals surface area contributed by atoms with Gasteiger partial charge in [0.15, 0.2) is 5.75 Å². The highest BCUT2D eigenvalue weighted by atomic mass is 16.5. The second kappa shape index (κ2) is 7.08. The van der Waals surface area contributed by atoms with Crippen molar-refractivity contribution in [3.63, 3.8) is 0 Å². The van der Waals surface area contributed by atoms with E-state index in [0.717, 1.165) is 18.7 Å². The Morgan fingerprint density at radius 2 is 2.33 bits per heavy atom. The molecule has 1 aliphatic heterocycles. The number of nitrogens with zero attached hydrogens (tertiary/aromatic N) is 1. The Hall–Kier alpha value is -2.08. The van der Waals surface area contributed by atoms with Crippen molar-refractivity contribution in [1.82, 2.24) is 9.88 Å². The summed E-state index contributed by atoms with van der Waals surface area (Å²) >= 11 is 0. The average molecular weight is 292 g/mol. The summed E-state index contributed by atoms with van der Waals surface area (Å²) in [5.41, 5.74) is 1.02. The molecule has 0 atom stereocenters. The van der Waals surface area contributed by atoms with Gasteiger partial charge < -0.3 is 14.8 Å². The normalized spacial score (nSPS) is 15.6. The number of nitrogens with one attached hydrogen (secondary N) is 1. The number of aliphatic carboxylic acids is 1. The lowest BCUT2D eigenvalue weighted by Gasteiger charge is -2.25. The van der Waals surface area contributed by atoms with E-state index in [1.165, 1.54) is 6.07 Å². The maximum atomic E-state index is 11.9. The summed E-state index contributed by atoms with van der Waals surface area (Å²) in [6.45, 7) is 4.19. The van der Waals surface area contributed by atoms with Crippen molar-refractivity contribution < 1.29 is 14.6 Å². The fourth-order valence-electron chi connectivity index (χ4n) is 2.25. The van der Waals surface area contributed by atoms with E-state index in [4.69, 9.17) is 9.84 Å². The van der Waals surface area contributed by atoms with Gasteiger partial charge in [-0.1, -0.05) is 13.0 Å². The summed E-state index contributed by atoms with van der Waals surface area (Å²) in [7, 11) is 0. The SMILES string of the molecule is CCCOc1c[nH]c(CN2CCC=C(C(=O)O)C2)cc1=O. The summed E-state index contributed by atoms with van der Waals surface area (Å²) < 4.78 is 5.34. The molecule has 2 heterocycles. The van der Waals surface area contributed by atoms with E-state index in [-0.39, 0.29) is 5.43 Å². The Labute approximate surface area is 123 Å². The molecule has 0 unspecified atom stereocenters. The van der Waals surface area contributed by atoms with E-state index < -0.39 is 5.97 Å². The van der Waals surface area contributed by atoms with E-state index in [1.807, 2.05) is 11.8 Å². The van der Waals surface area contributed by atoms with Crippen LogP contribution in [-0.2, 0) is 11.3 Å². The first-order chi connectivity index (χ1) is 10.1. The molecule has 0 bridgehead atoms. The number of carboxylic acid groups (broad SMARTS) is 1. The summed E-state index contributed by atoms with van der Waals surface area (Å²) in [5.74, 6) is -0.554. The van der Waals surface area contributed by atoms with E-state index >= 15 is 0 Å². The Bertz CT molecular complexity index is 592. The number of H-pyrrole nitrogens is 1. The van der Waals surface area contributed by atoms with Crippen LogP contribution >= 0.6 is 0 Å². The molecule has 1 aliphatic rings. The lowest BCUT2D eigenvalue weighted by Crippen LogP contribution is -2.32. The molecular weight excluding hydrogens is 272 g/mol. The predicted molar refractivity (Wildman–Crippen MR) is 78.5 cm³/mol. The molecule has 6 heteroatoms. The number of hydrogen-bond donors (Lipinski definition) is 2. The number of pyridine rings is 1. The van der Waals surface area contributed by atoms with Crippen molar-refractivity contribution in [2.24, 2.45) is 0 Å². The van der Waals surface area contributed by atoms with Gasteiger partial charge in [-0.2, -0.15) is 0 Å². The predicted octanol–water partition coefficient (Wildman–Crippen LogP) is 1.38. The van der Waals surface area contributed by atoms with Crippen LogP contribution in [0, 0.1) is 0 Å². The van der Waals surface area contributed by atoms with Crippen molar-refractivity contribution in [3.05, 3.63) is 39.8 Å². The van der Waals surface area contributed by atoms with Gasteiger partial charge >= 0.3 is 5.97 Å². The molecule has 0 aromatic carbocycles. The van der Waals surface area contributed by atoms with Crippen molar-refractivity contribution in [1.29, 1.82) is 0 Å². The third kappa shape index (κ3) is 4.19. The molecule has 0 fully saturated rings. The fourth-order valence-corrected chi connectivity index (χ4v) is 2.25. The maximum Gasteiger partial charge on any atom is 0.332 e. The van der Waals surface area contributed by atoms with E-state index in [1.54, 1.807) is 12.3 Å². The molecule has 0 saturated carbocycles. The zero-order chi connectivity index (χ0) is 15.2. The number of hydrogen-bond acceptors (Lipinski definition) is 4. The van der Waals surface area contributed by atoms with Crippen LogP contribution in [0.4, 0.5) is 0 Å². The Kier molecular flexibility index (Phi) is 5.16. The number of aromatic amines is 1. The minimum Gasteiger partial charge on any atom is -0.488 e. The third-order valence-corrected chi connectivity index (χ3v) is 3.30. The lowest BCUT2D eigenvalue weighted by molar-refractivity contribution is -0.133. The first kappa shape index (κ1) is 15.3. The molecule has 0 aliphatic carbocycles. The molecule has 2 rings (SSSR count). The van der Waals surface area contributed by atoms with Crippen LogP contribution in [-0.4, -0.2) is 40.7 Å². The van der Waals surface area contributed by atoms with Gasteiger partial charge in [-0.25, -0.2) is 4.79 Å². The molecule has 1 aromatic rings. The molecule has 21 heavy (non-hydrogen) atoms. The molecular formula is C15H20N2O4. The van der Waals surface area contributed by atoms with Crippen molar-refractivity contribution in [3.8, 4) is 5.75 Å². The van der Waals surface area contributed by atoms with Crippen LogP contribution in [0.3, 0.4) is 0 Å². The minimum atomic E-state index is -0.878. The average Bonchev–Trinajstić information content (AvgIpc) is 2.47. The zero-order valence-electron chi connectivity index (χ0n) is 12.1. The van der Waals surface area contributed by atoms with Gasteiger partial charge in [0.05, 0.1) is 6.61 Å². The zero-order valence-corrected chi connectivity index (χ0v) is 12.1. The van der Waals surface area contributed by atoms with Gasteiger partial charge in [-0.05, 0) is 12.8 Å². The van der Waals surface area contributed by atoms with Gasteiger partial charge in [0, 0.05) is 43.2 Å². The Morgan fingerprint density at radius 1 is 1.52 bits per heavy atom. The Morgan fingerprint density at radius 3 is 3.00 bits per heavy atom. The second-order valence-electron chi connectivity index (χ2n) is 5.07. The second-order valence-corrected chi connectivity index (χ2v) is 5.07. The van der Waals surface area contributed by atoms with Crippen LogP contribution in [0.5, 0.6) is 5.75 Å². The third-order valence-electron chi connectivity index (χ3n) is 3.30. The van der Waals surface area contributed by atoms with Gasteiger partial charge in [0.1, 0.15) is 0 Å². The van der Waals surface area contributed by atoms with Crippen LogP contribution in [0.15, 0.2) is 28.7 Å². The van der Waals surface area contributed by atoms with Gasteiger partial charge in [-0.3, -0.25) is 9.69 Å². The van der Waals surface area contributed by atoms with Crippen molar-refractivity contribution in [2.75, 3.05) is 19.7 Å². The smallest absolute Gasteiger partial charge is 0.332 e. The maximum absolute atomic E-state index is 11.9. The van der Waals surface area contributed by atoms with Crippen LogP contribution < -0.4 is 10.2 Å². The highest BCUT2D eigenvalue weighted by Gasteiger charge is 2.17. The number of carboxylic acids is 1. The molecule has 1 aromatic heterocycles. The standard InChI is InChI=1S/C15H20N2O4/c1-2-6-21-14-8-16-12(7-13(14)18)10-17-5-3-4-11(9-17)15(19)20/h4,7-8H,2-3,5-6,9-10H2,1H3,(H,16,18)(H,19,20). The highest BCUT2D eigenvalue weighted by molar-refractivity contribution is 5.87. The fraction of sp³-hybridized carbons (Fsp3) is 0.467. The van der Waals surface area contributed by atoms with Crippen molar-refractivity contribution >= 4 is 5.97 Å². The first-order valence-corrected chi connectivity index (χ1v) is 7.09. The lowest BCUT2D eigenvalue weighted by atomic mass is 10.1. The van der Waals surface area contributed by atoms with Crippen LogP contribution in [0.1, 0.15) is 25.5 Å². The Balaban J connectivity index is 2.00. The molecule has 2 N–H and O–H groups in total. The summed E-state index contributed by atoms with van der Waals surface area (Å²) in [6.07, 6.45) is 4.89. The molecule has 0 amide bonds. The van der Waals surface area contributed by atoms with E-state index in [0.29, 0.717) is 37.4 Å². The number of ether oxygens (including phenoxy) is 1. The quantitative estimate of drug-likeness (QED) is 0.827. The first-order valence-electron chi connectivity index (χ1n) is 7.09. The van der Waals surface area contributed by atoms with E-state index in [2.05, 4.69) is 4.98 Å². The van der Waals surface area contributed by atoms with Gasteiger partial charge in [0.25, 0.3) is 0 Å². The summed E-state index contributed by atoms with van der Waals surface area (Å²) in [4.78, 5) is 27.9. The van der Waals surface area contributed by atoms with Crippen LogP contribution in [0.2, 0.25) is 0 Å². The van der Waals surface area contributed by atoms with Gasteiger partial charge in [0.2, 0.25) is 5.43 Å². The van der Waals surface area contributed by atoms with Crippen molar-refractivity contribution in [2.45, 2.75) is 26.3 Å². The largest absolute Gasteiger partial charge is 0.488 e. The van der Waals surface area contributed by atoms with E-state index in [9.17, 15) is 9.59 Å². The molecule has 0 spiro atoms. The molecule has 6 nitrogen and oxygen atoms in total. The number of rotatable bonds is 6. The minimum absolute atomic E-state index is 0.150. The molecule has 114 valence electrons.